The van der Waals surface area contributed by atoms with Gasteiger partial charge in [-0.15, -0.1) is 0 Å². The molecule has 3 nitrogen and oxygen atoms in total. The molecule has 1 fully saturated rings. The summed E-state index contributed by atoms with van der Waals surface area (Å²) in [6.45, 7) is 0. The summed E-state index contributed by atoms with van der Waals surface area (Å²) in [5.41, 5.74) is 2.73. The van der Waals surface area contributed by atoms with E-state index in [0.717, 1.165) is 6.42 Å². The Labute approximate surface area is 105 Å². The van der Waals surface area contributed by atoms with Crippen molar-refractivity contribution in [2.45, 2.75) is 18.3 Å². The number of nitro benzene ring substituents is 1. The largest absolute Gasteiger partial charge is 0.269 e. The summed E-state index contributed by atoms with van der Waals surface area (Å²) in [5, 5.41) is 10.6. The first kappa shape index (κ1) is 11.0. The number of nitro groups is 1. The standard InChI is InChI=1S/C15H13NO2/c17-16(18)13-8-6-12(7-9-13)15-10-14(15)11-4-2-1-3-5-11/h1-9,14-15H,10H2. The number of non-ortho nitro benzene ring substituents is 1. The minimum atomic E-state index is -0.356. The van der Waals surface area contributed by atoms with Crippen molar-refractivity contribution in [2.75, 3.05) is 0 Å². The molecule has 3 rings (SSSR count). The van der Waals surface area contributed by atoms with Gasteiger partial charge in [0.25, 0.3) is 5.69 Å². The van der Waals surface area contributed by atoms with Crippen molar-refractivity contribution in [1.82, 2.24) is 0 Å². The lowest BCUT2D eigenvalue weighted by atomic mass is 10.0. The summed E-state index contributed by atoms with van der Waals surface area (Å²) in [6, 6.07) is 17.4. The van der Waals surface area contributed by atoms with Crippen LogP contribution in [0.3, 0.4) is 0 Å². The van der Waals surface area contributed by atoms with Gasteiger partial charge in [0, 0.05) is 12.1 Å². The van der Waals surface area contributed by atoms with Crippen LogP contribution in [0.4, 0.5) is 5.69 Å². The van der Waals surface area contributed by atoms with E-state index in [1.807, 2.05) is 18.2 Å². The van der Waals surface area contributed by atoms with Crippen LogP contribution in [-0.4, -0.2) is 4.92 Å². The molecule has 2 atom stereocenters. The Bertz CT molecular complexity index is 563. The van der Waals surface area contributed by atoms with Crippen LogP contribution in [-0.2, 0) is 0 Å². The molecule has 90 valence electrons. The molecule has 3 heteroatoms. The Morgan fingerprint density at radius 2 is 1.44 bits per heavy atom. The Morgan fingerprint density at radius 3 is 2.00 bits per heavy atom. The molecule has 0 N–H and O–H groups in total. The summed E-state index contributed by atoms with van der Waals surface area (Å²) < 4.78 is 0. The zero-order chi connectivity index (χ0) is 12.5. The molecule has 0 aromatic heterocycles. The van der Waals surface area contributed by atoms with Crippen LogP contribution >= 0.6 is 0 Å². The maximum absolute atomic E-state index is 10.6. The summed E-state index contributed by atoms with van der Waals surface area (Å²) in [5.74, 6) is 1.10. The maximum Gasteiger partial charge on any atom is 0.269 e. The normalized spacial score (nSPS) is 21.6. The predicted molar refractivity (Wildman–Crippen MR) is 69.6 cm³/mol. The molecular formula is C15H13NO2. The number of benzene rings is 2. The third-order valence-corrected chi connectivity index (χ3v) is 3.55. The highest BCUT2D eigenvalue weighted by atomic mass is 16.6. The summed E-state index contributed by atoms with van der Waals surface area (Å²) >= 11 is 0. The van der Waals surface area contributed by atoms with Gasteiger partial charge in [0.05, 0.1) is 4.92 Å². The fourth-order valence-electron chi connectivity index (χ4n) is 2.48. The molecular weight excluding hydrogens is 226 g/mol. The molecule has 0 aliphatic heterocycles. The van der Waals surface area contributed by atoms with Gasteiger partial charge in [-0.2, -0.15) is 0 Å². The van der Waals surface area contributed by atoms with Crippen molar-refractivity contribution in [3.05, 3.63) is 75.8 Å². The first-order valence-electron chi connectivity index (χ1n) is 6.05. The Kier molecular flexibility index (Phi) is 2.59. The third-order valence-electron chi connectivity index (χ3n) is 3.55. The van der Waals surface area contributed by atoms with Crippen LogP contribution in [0.5, 0.6) is 0 Å². The first-order chi connectivity index (χ1) is 8.75. The van der Waals surface area contributed by atoms with Gasteiger partial charge in [0.15, 0.2) is 0 Å². The van der Waals surface area contributed by atoms with E-state index in [4.69, 9.17) is 0 Å². The molecule has 1 aliphatic carbocycles. The van der Waals surface area contributed by atoms with Gasteiger partial charge in [0.1, 0.15) is 0 Å². The molecule has 0 heterocycles. The van der Waals surface area contributed by atoms with E-state index < -0.39 is 0 Å². The summed E-state index contributed by atoms with van der Waals surface area (Å²) in [6.07, 6.45) is 1.14. The molecule has 0 saturated heterocycles. The van der Waals surface area contributed by atoms with Gasteiger partial charge in [0.2, 0.25) is 0 Å². The Balaban J connectivity index is 1.77. The van der Waals surface area contributed by atoms with E-state index in [-0.39, 0.29) is 10.6 Å². The van der Waals surface area contributed by atoms with Crippen molar-refractivity contribution < 1.29 is 4.92 Å². The second-order valence-corrected chi connectivity index (χ2v) is 4.71. The highest BCUT2D eigenvalue weighted by Gasteiger charge is 2.39. The van der Waals surface area contributed by atoms with Gasteiger partial charge in [-0.25, -0.2) is 0 Å². The van der Waals surface area contributed by atoms with Gasteiger partial charge in [-0.1, -0.05) is 42.5 Å². The lowest BCUT2D eigenvalue weighted by molar-refractivity contribution is -0.384. The van der Waals surface area contributed by atoms with E-state index in [1.165, 1.54) is 11.1 Å². The van der Waals surface area contributed by atoms with Crippen LogP contribution in [0, 0.1) is 10.1 Å². The van der Waals surface area contributed by atoms with Gasteiger partial charge >= 0.3 is 0 Å². The fourth-order valence-corrected chi connectivity index (χ4v) is 2.48. The molecule has 0 spiro atoms. The third kappa shape index (κ3) is 1.99. The fraction of sp³-hybridized carbons (Fsp3) is 0.200. The molecule has 0 bridgehead atoms. The minimum Gasteiger partial charge on any atom is -0.258 e. The number of hydrogen-bond donors (Lipinski definition) is 0. The quantitative estimate of drug-likeness (QED) is 0.602. The average Bonchev–Trinajstić information content (AvgIpc) is 3.20. The van der Waals surface area contributed by atoms with E-state index in [0.29, 0.717) is 11.8 Å². The van der Waals surface area contributed by atoms with Crippen LogP contribution in [0.25, 0.3) is 0 Å². The zero-order valence-corrected chi connectivity index (χ0v) is 9.82. The lowest BCUT2D eigenvalue weighted by Crippen LogP contribution is -1.89. The van der Waals surface area contributed by atoms with Crippen LogP contribution < -0.4 is 0 Å². The molecule has 0 amide bonds. The van der Waals surface area contributed by atoms with E-state index in [2.05, 4.69) is 24.3 Å². The minimum absolute atomic E-state index is 0.163. The first-order valence-corrected chi connectivity index (χ1v) is 6.05. The van der Waals surface area contributed by atoms with Crippen molar-refractivity contribution in [3.8, 4) is 0 Å². The van der Waals surface area contributed by atoms with Crippen LogP contribution in [0.15, 0.2) is 54.6 Å². The van der Waals surface area contributed by atoms with Gasteiger partial charge < -0.3 is 0 Å². The van der Waals surface area contributed by atoms with Crippen molar-refractivity contribution >= 4 is 5.69 Å². The van der Waals surface area contributed by atoms with Crippen molar-refractivity contribution in [1.29, 1.82) is 0 Å². The number of nitrogens with zero attached hydrogens (tertiary/aromatic N) is 1. The number of rotatable bonds is 3. The Morgan fingerprint density at radius 1 is 0.889 bits per heavy atom. The summed E-state index contributed by atoms with van der Waals surface area (Å²) in [4.78, 5) is 10.2. The molecule has 2 aromatic carbocycles. The van der Waals surface area contributed by atoms with Crippen molar-refractivity contribution in [3.63, 3.8) is 0 Å². The monoisotopic (exact) mass is 239 g/mol. The maximum atomic E-state index is 10.6. The van der Waals surface area contributed by atoms with Crippen LogP contribution in [0.2, 0.25) is 0 Å². The Hall–Kier alpha value is -2.16. The predicted octanol–water partition coefficient (Wildman–Crippen LogP) is 3.87. The highest BCUT2D eigenvalue weighted by Crippen LogP contribution is 2.54. The smallest absolute Gasteiger partial charge is 0.258 e. The molecule has 1 saturated carbocycles. The van der Waals surface area contributed by atoms with E-state index in [9.17, 15) is 10.1 Å². The SMILES string of the molecule is O=[N+]([O-])c1ccc(C2CC2c2ccccc2)cc1. The molecule has 0 radical (unpaired) electrons. The second-order valence-electron chi connectivity index (χ2n) is 4.71. The lowest BCUT2D eigenvalue weighted by Gasteiger charge is -2.01. The topological polar surface area (TPSA) is 43.1 Å². The number of hydrogen-bond acceptors (Lipinski definition) is 2. The summed E-state index contributed by atoms with van der Waals surface area (Å²) in [7, 11) is 0. The molecule has 2 unspecified atom stereocenters. The highest BCUT2D eigenvalue weighted by molar-refractivity contribution is 5.40. The van der Waals surface area contributed by atoms with Gasteiger partial charge in [-0.3, -0.25) is 10.1 Å². The van der Waals surface area contributed by atoms with Crippen LogP contribution in [0.1, 0.15) is 29.4 Å². The van der Waals surface area contributed by atoms with E-state index >= 15 is 0 Å². The average molecular weight is 239 g/mol. The zero-order valence-electron chi connectivity index (χ0n) is 9.82. The van der Waals surface area contributed by atoms with Crippen molar-refractivity contribution in [2.24, 2.45) is 0 Å². The van der Waals surface area contributed by atoms with Gasteiger partial charge in [-0.05, 0) is 29.4 Å². The van der Waals surface area contributed by atoms with E-state index in [1.54, 1.807) is 12.1 Å². The molecule has 18 heavy (non-hydrogen) atoms. The second kappa shape index (κ2) is 4.26. The molecule has 2 aromatic rings. The molecule has 1 aliphatic rings.